The third kappa shape index (κ3) is 7.68. The molecule has 3 N–H and O–H groups in total. The highest BCUT2D eigenvalue weighted by Crippen LogP contribution is 2.33. The molecule has 10 nitrogen and oxygen atoms in total. The third-order valence-electron chi connectivity index (χ3n) is 9.04. The molecule has 0 spiro atoms. The number of carbonyl (C=O) groups is 2. The highest BCUT2D eigenvalue weighted by Gasteiger charge is 2.31. The molecular weight excluding hydrogens is 580 g/mol. The topological polar surface area (TPSA) is 110 Å². The van der Waals surface area contributed by atoms with Crippen LogP contribution in [-0.2, 0) is 22.6 Å². The molecular formula is C36H46N6O4. The van der Waals surface area contributed by atoms with Gasteiger partial charge < -0.3 is 30.2 Å². The number of H-pyrrole nitrogens is 1. The van der Waals surface area contributed by atoms with E-state index in [1.807, 2.05) is 37.8 Å². The first-order valence-corrected chi connectivity index (χ1v) is 16.1. The molecule has 2 saturated heterocycles. The molecule has 1 unspecified atom stereocenters. The number of hydrogen-bond donors (Lipinski definition) is 3. The van der Waals surface area contributed by atoms with Crippen LogP contribution in [0.4, 0.5) is 17.1 Å². The Hall–Kier alpha value is -4.41. The highest BCUT2D eigenvalue weighted by molar-refractivity contribution is 5.98. The van der Waals surface area contributed by atoms with E-state index in [1.54, 1.807) is 0 Å². The summed E-state index contributed by atoms with van der Waals surface area (Å²) in [6.45, 7) is 17.8. The number of pyridine rings is 1. The second-order valence-electron chi connectivity index (χ2n) is 12.2. The predicted octanol–water partition coefficient (Wildman–Crippen LogP) is 4.42. The number of benzene rings is 2. The van der Waals surface area contributed by atoms with Gasteiger partial charge in [0.25, 0.3) is 11.5 Å². The maximum Gasteiger partial charge on any atom is 0.253 e. The second-order valence-corrected chi connectivity index (χ2v) is 12.2. The zero-order chi connectivity index (χ0) is 32.8. The molecule has 3 heterocycles. The van der Waals surface area contributed by atoms with E-state index in [0.717, 1.165) is 73.2 Å². The molecule has 0 bridgehead atoms. The van der Waals surface area contributed by atoms with E-state index in [0.29, 0.717) is 30.8 Å². The Morgan fingerprint density at radius 3 is 2.48 bits per heavy atom. The van der Waals surface area contributed by atoms with Crippen LogP contribution in [0.5, 0.6) is 0 Å². The number of carbonyl (C=O) groups excluding carboxylic acids is 2. The Labute approximate surface area is 271 Å². The Balaban J connectivity index is 1.42. The van der Waals surface area contributed by atoms with Crippen molar-refractivity contribution in [1.29, 1.82) is 0 Å². The van der Waals surface area contributed by atoms with Crippen molar-refractivity contribution in [2.75, 3.05) is 56.2 Å². The Morgan fingerprint density at radius 1 is 1.07 bits per heavy atom. The van der Waals surface area contributed by atoms with Gasteiger partial charge in [-0.3, -0.25) is 19.3 Å². The van der Waals surface area contributed by atoms with Crippen molar-refractivity contribution in [3.05, 3.63) is 99.0 Å². The molecule has 2 fully saturated rings. The van der Waals surface area contributed by atoms with Gasteiger partial charge in [0.1, 0.15) is 0 Å². The Morgan fingerprint density at radius 2 is 1.80 bits per heavy atom. The van der Waals surface area contributed by atoms with Crippen LogP contribution in [0, 0.1) is 20.8 Å². The van der Waals surface area contributed by atoms with Crippen molar-refractivity contribution in [2.45, 2.75) is 53.2 Å². The van der Waals surface area contributed by atoms with Gasteiger partial charge >= 0.3 is 0 Å². The number of rotatable bonds is 11. The van der Waals surface area contributed by atoms with Crippen LogP contribution in [0.15, 0.2) is 59.9 Å². The largest absolute Gasteiger partial charge is 0.379 e. The molecule has 2 aromatic carbocycles. The first-order chi connectivity index (χ1) is 22.2. The van der Waals surface area contributed by atoms with Gasteiger partial charge in [-0.25, -0.2) is 0 Å². The van der Waals surface area contributed by atoms with Crippen molar-refractivity contribution in [3.8, 4) is 0 Å². The van der Waals surface area contributed by atoms with Gasteiger partial charge in [0.2, 0.25) is 5.91 Å². The van der Waals surface area contributed by atoms with E-state index in [1.165, 1.54) is 11.6 Å². The predicted molar refractivity (Wildman–Crippen MR) is 183 cm³/mol. The fourth-order valence-electron chi connectivity index (χ4n) is 6.50. The number of nitrogens with zero attached hydrogens (tertiary/aromatic N) is 3. The van der Waals surface area contributed by atoms with Crippen LogP contribution in [-0.4, -0.2) is 78.6 Å². The molecule has 1 atom stereocenters. The van der Waals surface area contributed by atoms with Crippen molar-refractivity contribution in [3.63, 3.8) is 0 Å². The molecule has 5 rings (SSSR count). The summed E-state index contributed by atoms with van der Waals surface area (Å²) in [4.78, 5) is 48.1. The number of aromatic nitrogens is 1. The zero-order valence-corrected chi connectivity index (χ0v) is 27.4. The summed E-state index contributed by atoms with van der Waals surface area (Å²) >= 11 is 0. The van der Waals surface area contributed by atoms with Crippen molar-refractivity contribution in [2.24, 2.45) is 0 Å². The fraction of sp³-hybridized carbons (Fsp3) is 0.417. The number of amides is 2. The summed E-state index contributed by atoms with van der Waals surface area (Å²) in [6.07, 6.45) is 2.19. The fourth-order valence-corrected chi connectivity index (χ4v) is 6.50. The number of aryl methyl sites for hydroxylation is 2. The lowest BCUT2D eigenvalue weighted by Crippen LogP contribution is -2.39. The quantitative estimate of drug-likeness (QED) is 0.271. The average molecular weight is 627 g/mol. The van der Waals surface area contributed by atoms with Crippen LogP contribution in [0.1, 0.15) is 51.7 Å². The Kier molecular flexibility index (Phi) is 10.6. The third-order valence-corrected chi connectivity index (χ3v) is 9.04. The number of likely N-dealkylation sites (N-methyl/N-ethyl adjacent to an activating group) is 1. The monoisotopic (exact) mass is 626 g/mol. The number of morpholine rings is 1. The number of likely N-dealkylation sites (tertiary alicyclic amines) is 1. The highest BCUT2D eigenvalue weighted by atomic mass is 16.5. The van der Waals surface area contributed by atoms with Gasteiger partial charge in [-0.15, -0.1) is 0 Å². The first kappa shape index (κ1) is 33.0. The summed E-state index contributed by atoms with van der Waals surface area (Å²) in [6, 6.07) is 14.4. The number of hydrogen-bond acceptors (Lipinski definition) is 7. The minimum absolute atomic E-state index is 0.0655. The van der Waals surface area contributed by atoms with E-state index in [2.05, 4.69) is 69.3 Å². The van der Waals surface area contributed by atoms with Gasteiger partial charge in [-0.1, -0.05) is 18.7 Å². The summed E-state index contributed by atoms with van der Waals surface area (Å²) in [7, 11) is 0. The zero-order valence-electron chi connectivity index (χ0n) is 27.4. The van der Waals surface area contributed by atoms with Crippen LogP contribution < -0.4 is 21.1 Å². The molecule has 10 heteroatoms. The molecule has 2 aliphatic heterocycles. The molecule has 0 saturated carbocycles. The standard InChI is InChI=1S/C36H46N6O4/c1-6-34(43)41-13-12-30(23-41)42(7-2)33-20-29(39-28-10-8-27(9-11-28)22-40-14-16-46-17-15-40)19-31(26(33)5)35(44)37-21-32-24(3)18-25(4)38-36(32)45/h6,8-11,18-20,30,39H,1,7,12-17,21-23H2,2-5H3,(H,37,44)(H,38,45). The summed E-state index contributed by atoms with van der Waals surface area (Å²) < 4.78 is 5.48. The van der Waals surface area contributed by atoms with Crippen molar-refractivity contribution >= 4 is 28.9 Å². The number of anilines is 3. The Bertz CT molecular complexity index is 1630. The van der Waals surface area contributed by atoms with E-state index in [9.17, 15) is 14.4 Å². The molecule has 0 aliphatic carbocycles. The SMILES string of the molecule is C=CC(=O)N1CCC(N(CC)c2cc(Nc3ccc(CN4CCOCC4)cc3)cc(C(=O)NCc3c(C)cc(C)[nH]c3=O)c2C)C1. The van der Waals surface area contributed by atoms with Gasteiger partial charge in [0.05, 0.1) is 13.2 Å². The molecule has 0 radical (unpaired) electrons. The van der Waals surface area contributed by atoms with Gasteiger partial charge in [-0.05, 0) is 87.2 Å². The first-order valence-electron chi connectivity index (χ1n) is 16.1. The molecule has 1 aromatic heterocycles. The van der Waals surface area contributed by atoms with Gasteiger partial charge in [-0.2, -0.15) is 0 Å². The lowest BCUT2D eigenvalue weighted by Gasteiger charge is -2.32. The van der Waals surface area contributed by atoms with Crippen molar-refractivity contribution in [1.82, 2.24) is 20.1 Å². The molecule has 2 amide bonds. The van der Waals surface area contributed by atoms with Gasteiger partial charge in [0.15, 0.2) is 0 Å². The maximum absolute atomic E-state index is 13.8. The maximum atomic E-state index is 13.8. The van der Waals surface area contributed by atoms with Crippen LogP contribution in [0.2, 0.25) is 0 Å². The smallest absolute Gasteiger partial charge is 0.253 e. The second kappa shape index (κ2) is 14.8. The van der Waals surface area contributed by atoms with Crippen molar-refractivity contribution < 1.29 is 14.3 Å². The minimum atomic E-state index is -0.256. The van der Waals surface area contributed by atoms with E-state index >= 15 is 0 Å². The summed E-state index contributed by atoms with van der Waals surface area (Å²) in [5.74, 6) is -0.321. The van der Waals surface area contributed by atoms with Crippen LogP contribution >= 0.6 is 0 Å². The molecule has 46 heavy (non-hydrogen) atoms. The van der Waals surface area contributed by atoms with E-state index in [4.69, 9.17) is 4.74 Å². The molecule has 2 aliphatic rings. The number of ether oxygens (including phenoxy) is 1. The molecule has 3 aromatic rings. The minimum Gasteiger partial charge on any atom is -0.379 e. The lowest BCUT2D eigenvalue weighted by molar-refractivity contribution is -0.125. The van der Waals surface area contributed by atoms with E-state index in [-0.39, 0.29) is 30.0 Å². The lowest BCUT2D eigenvalue weighted by atomic mass is 10.0. The summed E-state index contributed by atoms with van der Waals surface area (Å²) in [5, 5.41) is 6.52. The van der Waals surface area contributed by atoms with Crippen LogP contribution in [0.25, 0.3) is 0 Å². The number of aromatic amines is 1. The van der Waals surface area contributed by atoms with E-state index < -0.39 is 0 Å². The number of nitrogens with one attached hydrogen (secondary N) is 3. The van der Waals surface area contributed by atoms with Crippen LogP contribution in [0.3, 0.4) is 0 Å². The summed E-state index contributed by atoms with van der Waals surface area (Å²) in [5.41, 5.74) is 7.20. The average Bonchev–Trinajstić information content (AvgIpc) is 3.53. The van der Waals surface area contributed by atoms with Gasteiger partial charge in [0, 0.05) is 85.7 Å². The molecule has 244 valence electrons. The normalized spacial score (nSPS) is 16.7.